The van der Waals surface area contributed by atoms with Gasteiger partial charge in [0.2, 0.25) is 0 Å². The zero-order valence-electron chi connectivity index (χ0n) is 17.9. The summed E-state index contributed by atoms with van der Waals surface area (Å²) < 4.78 is 11.1. The number of carboxylic acid groups (broad SMARTS) is 1. The Kier molecular flexibility index (Phi) is 9.55. The molecule has 1 saturated heterocycles. The van der Waals surface area contributed by atoms with Gasteiger partial charge in [-0.15, -0.1) is 0 Å². The van der Waals surface area contributed by atoms with Crippen molar-refractivity contribution in [3.63, 3.8) is 0 Å². The molecule has 1 N–H and O–H groups in total. The first-order valence-corrected chi connectivity index (χ1v) is 10.8. The van der Waals surface area contributed by atoms with Crippen LogP contribution in [0.1, 0.15) is 82.8 Å². The lowest BCUT2D eigenvalue weighted by molar-refractivity contribution is -0.133. The van der Waals surface area contributed by atoms with Crippen molar-refractivity contribution in [3.05, 3.63) is 41.0 Å². The van der Waals surface area contributed by atoms with Crippen LogP contribution in [0.4, 0.5) is 0 Å². The lowest BCUT2D eigenvalue weighted by Gasteiger charge is -2.19. The van der Waals surface area contributed by atoms with Gasteiger partial charge in [-0.3, -0.25) is 4.79 Å². The molecule has 0 radical (unpaired) electrons. The van der Waals surface area contributed by atoms with Gasteiger partial charge in [0.05, 0.1) is 13.2 Å². The number of allylic oxidation sites excluding steroid dienone is 1. The van der Waals surface area contributed by atoms with E-state index in [0.717, 1.165) is 24.8 Å². The van der Waals surface area contributed by atoms with Crippen LogP contribution in [0.3, 0.4) is 0 Å². The number of carboxylic acids is 1. The third-order valence-electron chi connectivity index (χ3n) is 5.47. The van der Waals surface area contributed by atoms with Gasteiger partial charge >= 0.3 is 5.97 Å². The molecular formula is C24H34O5. The van der Waals surface area contributed by atoms with Crippen molar-refractivity contribution in [1.82, 2.24) is 0 Å². The molecule has 2 rings (SSSR count). The maximum atomic E-state index is 12.3. The number of benzene rings is 1. The average molecular weight is 403 g/mol. The van der Waals surface area contributed by atoms with E-state index in [1.165, 1.54) is 26.2 Å². The second-order valence-corrected chi connectivity index (χ2v) is 7.75. The molecule has 1 aromatic carbocycles. The average Bonchev–Trinajstić information content (AvgIpc) is 3.24. The molecule has 29 heavy (non-hydrogen) atoms. The molecule has 0 spiro atoms. The summed E-state index contributed by atoms with van der Waals surface area (Å²) in [4.78, 5) is 24.2. The largest absolute Gasteiger partial charge is 0.478 e. The molecule has 1 heterocycles. The lowest BCUT2D eigenvalue weighted by Crippen LogP contribution is -2.16. The first-order chi connectivity index (χ1) is 14.0. The lowest BCUT2D eigenvalue weighted by atomic mass is 9.91. The SMILES string of the molecule is CCCCCCCC/C(C(=O)O)=C(/C(C)=O)c1ccc(C(C)C2OCCO2)cc1. The summed E-state index contributed by atoms with van der Waals surface area (Å²) in [5, 5.41) is 9.74. The van der Waals surface area contributed by atoms with Gasteiger partial charge in [0.1, 0.15) is 0 Å². The number of hydrogen-bond donors (Lipinski definition) is 1. The van der Waals surface area contributed by atoms with Crippen LogP contribution in [-0.2, 0) is 19.1 Å². The summed E-state index contributed by atoms with van der Waals surface area (Å²) in [5.74, 6) is -1.15. The van der Waals surface area contributed by atoms with Gasteiger partial charge in [0, 0.05) is 17.1 Å². The number of aliphatic carboxylic acids is 1. The van der Waals surface area contributed by atoms with E-state index in [9.17, 15) is 14.7 Å². The van der Waals surface area contributed by atoms with Crippen molar-refractivity contribution < 1.29 is 24.2 Å². The topological polar surface area (TPSA) is 72.8 Å². The maximum absolute atomic E-state index is 12.3. The van der Waals surface area contributed by atoms with E-state index in [4.69, 9.17) is 9.47 Å². The van der Waals surface area contributed by atoms with Gasteiger partial charge in [-0.25, -0.2) is 4.79 Å². The number of unbranched alkanes of at least 4 members (excludes halogenated alkanes) is 5. The van der Waals surface area contributed by atoms with E-state index >= 15 is 0 Å². The van der Waals surface area contributed by atoms with E-state index in [1.54, 1.807) is 0 Å². The summed E-state index contributed by atoms with van der Waals surface area (Å²) in [6.45, 7) is 6.85. The molecule has 1 fully saturated rings. The number of hydrogen-bond acceptors (Lipinski definition) is 4. The third-order valence-corrected chi connectivity index (χ3v) is 5.47. The van der Waals surface area contributed by atoms with E-state index in [2.05, 4.69) is 6.92 Å². The van der Waals surface area contributed by atoms with Crippen molar-refractivity contribution in [2.45, 2.75) is 77.9 Å². The fourth-order valence-corrected chi connectivity index (χ4v) is 3.79. The van der Waals surface area contributed by atoms with Crippen LogP contribution in [0.5, 0.6) is 0 Å². The van der Waals surface area contributed by atoms with Crippen LogP contribution in [0.2, 0.25) is 0 Å². The summed E-state index contributed by atoms with van der Waals surface area (Å²) in [7, 11) is 0. The molecule has 0 saturated carbocycles. The number of carbonyl (C=O) groups excluding carboxylic acids is 1. The first-order valence-electron chi connectivity index (χ1n) is 10.8. The van der Waals surface area contributed by atoms with E-state index in [1.807, 2.05) is 31.2 Å². The molecule has 0 bridgehead atoms. The van der Waals surface area contributed by atoms with E-state index in [-0.39, 0.29) is 23.6 Å². The summed E-state index contributed by atoms with van der Waals surface area (Å²) in [6, 6.07) is 7.53. The molecule has 5 nitrogen and oxygen atoms in total. The number of rotatable bonds is 12. The quantitative estimate of drug-likeness (QED) is 0.377. The molecule has 5 heteroatoms. The van der Waals surface area contributed by atoms with Crippen molar-refractivity contribution in [2.24, 2.45) is 0 Å². The van der Waals surface area contributed by atoms with Crippen molar-refractivity contribution in [1.29, 1.82) is 0 Å². The van der Waals surface area contributed by atoms with E-state index < -0.39 is 5.97 Å². The molecule has 1 atom stereocenters. The Morgan fingerprint density at radius 1 is 1.03 bits per heavy atom. The highest BCUT2D eigenvalue weighted by molar-refractivity contribution is 6.24. The van der Waals surface area contributed by atoms with Crippen molar-refractivity contribution in [3.8, 4) is 0 Å². The van der Waals surface area contributed by atoms with Crippen LogP contribution >= 0.6 is 0 Å². The highest BCUT2D eigenvalue weighted by atomic mass is 16.7. The molecule has 1 aliphatic heterocycles. The van der Waals surface area contributed by atoms with Gasteiger partial charge in [-0.05, 0) is 30.9 Å². The van der Waals surface area contributed by atoms with Gasteiger partial charge in [-0.1, -0.05) is 70.2 Å². The van der Waals surface area contributed by atoms with Crippen LogP contribution < -0.4 is 0 Å². The van der Waals surface area contributed by atoms with Crippen molar-refractivity contribution in [2.75, 3.05) is 13.2 Å². The Bertz CT molecular complexity index is 698. The van der Waals surface area contributed by atoms with Crippen LogP contribution in [0.15, 0.2) is 29.8 Å². The number of ketones is 1. The highest BCUT2D eigenvalue weighted by Crippen LogP contribution is 2.29. The number of ether oxygens (including phenoxy) is 2. The van der Waals surface area contributed by atoms with Crippen LogP contribution in [0.25, 0.3) is 5.57 Å². The fraction of sp³-hybridized carbons (Fsp3) is 0.583. The minimum atomic E-state index is -1.01. The van der Waals surface area contributed by atoms with Gasteiger partial charge < -0.3 is 14.6 Å². The predicted octanol–water partition coefficient (Wildman–Crippen LogP) is 5.34. The summed E-state index contributed by atoms with van der Waals surface area (Å²) >= 11 is 0. The second kappa shape index (κ2) is 11.9. The van der Waals surface area contributed by atoms with Gasteiger partial charge in [0.25, 0.3) is 0 Å². The molecule has 1 aromatic rings. The summed E-state index contributed by atoms with van der Waals surface area (Å²) in [5.41, 5.74) is 2.23. The Hall–Kier alpha value is -1.98. The minimum absolute atomic E-state index is 0.0679. The standard InChI is InChI=1S/C24H34O5/c1-4-5-6-7-8-9-10-21(23(26)27)22(18(3)25)20-13-11-19(12-14-20)17(2)24-28-15-16-29-24/h11-14,17,24H,4-10,15-16H2,1-3H3,(H,26,27)/b22-21+. The minimum Gasteiger partial charge on any atom is -0.478 e. The Morgan fingerprint density at radius 2 is 1.62 bits per heavy atom. The second-order valence-electron chi connectivity index (χ2n) is 7.75. The molecule has 0 aliphatic carbocycles. The third kappa shape index (κ3) is 6.79. The monoisotopic (exact) mass is 402 g/mol. The molecule has 1 aliphatic rings. The van der Waals surface area contributed by atoms with E-state index in [0.29, 0.717) is 30.8 Å². The first kappa shape index (κ1) is 23.3. The molecular weight excluding hydrogens is 368 g/mol. The zero-order valence-corrected chi connectivity index (χ0v) is 17.9. The Morgan fingerprint density at radius 3 is 2.17 bits per heavy atom. The molecule has 0 aromatic heterocycles. The molecule has 0 amide bonds. The zero-order chi connectivity index (χ0) is 21.2. The number of carbonyl (C=O) groups is 2. The van der Waals surface area contributed by atoms with Gasteiger partial charge in [-0.2, -0.15) is 0 Å². The highest BCUT2D eigenvalue weighted by Gasteiger charge is 2.25. The Labute approximate surface area is 174 Å². The Balaban J connectivity index is 2.15. The maximum Gasteiger partial charge on any atom is 0.332 e. The van der Waals surface area contributed by atoms with Crippen molar-refractivity contribution >= 4 is 17.3 Å². The molecule has 160 valence electrons. The molecule has 1 unspecified atom stereocenters. The fourth-order valence-electron chi connectivity index (χ4n) is 3.79. The van der Waals surface area contributed by atoms with Crippen LogP contribution in [0, 0.1) is 0 Å². The summed E-state index contributed by atoms with van der Waals surface area (Å²) in [6.07, 6.45) is 6.60. The van der Waals surface area contributed by atoms with Gasteiger partial charge in [0.15, 0.2) is 12.1 Å². The van der Waals surface area contributed by atoms with Crippen LogP contribution in [-0.4, -0.2) is 36.4 Å². The smallest absolute Gasteiger partial charge is 0.332 e. The normalized spacial score (nSPS) is 16.5. The number of Topliss-reactive ketones (excluding diaryl/α,β-unsaturated/α-hetero) is 1. The predicted molar refractivity (Wildman–Crippen MR) is 114 cm³/mol.